The van der Waals surface area contributed by atoms with Gasteiger partial charge in [0, 0.05) is 9.79 Å². The van der Waals surface area contributed by atoms with E-state index in [4.69, 9.17) is 0 Å². The van der Waals surface area contributed by atoms with Crippen LogP contribution in [0.3, 0.4) is 0 Å². The SMILES string of the molecule is CS1(C2(I)CCCCC2)c2ccccc2-c2ccccc21. The largest absolute Gasteiger partial charge is 0.175 e. The van der Waals surface area contributed by atoms with Gasteiger partial charge in [-0.25, -0.2) is 0 Å². The van der Waals surface area contributed by atoms with Crippen molar-refractivity contribution >= 4 is 32.6 Å². The summed E-state index contributed by atoms with van der Waals surface area (Å²) in [5.41, 5.74) is 2.99. The van der Waals surface area contributed by atoms with Crippen molar-refractivity contribution in [2.45, 2.75) is 44.6 Å². The molecule has 0 radical (unpaired) electrons. The minimum atomic E-state index is -0.937. The van der Waals surface area contributed by atoms with Crippen molar-refractivity contribution in [1.29, 1.82) is 0 Å². The lowest BCUT2D eigenvalue weighted by atomic mass is 10.0. The average Bonchev–Trinajstić information content (AvgIpc) is 2.80. The predicted octanol–water partition coefficient (Wildman–Crippen LogP) is 6.61. The Morgan fingerprint density at radius 3 is 1.81 bits per heavy atom. The molecular weight excluding hydrogens is 387 g/mol. The zero-order valence-corrected chi connectivity index (χ0v) is 15.4. The average molecular weight is 408 g/mol. The van der Waals surface area contributed by atoms with Crippen LogP contribution in [0.1, 0.15) is 32.1 Å². The highest BCUT2D eigenvalue weighted by Gasteiger charge is 2.49. The summed E-state index contributed by atoms with van der Waals surface area (Å²) in [6.45, 7) is 0. The molecule has 0 bridgehead atoms. The van der Waals surface area contributed by atoms with E-state index in [-0.39, 0.29) is 0 Å². The Morgan fingerprint density at radius 2 is 1.29 bits per heavy atom. The molecule has 0 atom stereocenters. The third-order valence-corrected chi connectivity index (χ3v) is 13.3. The maximum Gasteiger partial charge on any atom is 0.0593 e. The Morgan fingerprint density at radius 1 is 0.810 bits per heavy atom. The molecule has 2 aliphatic rings. The summed E-state index contributed by atoms with van der Waals surface area (Å²) in [6, 6.07) is 18.3. The molecule has 0 nitrogen and oxygen atoms in total. The van der Waals surface area contributed by atoms with Gasteiger partial charge >= 0.3 is 0 Å². The molecule has 4 rings (SSSR count). The standard InChI is InChI=1S/C19H21IS/c1-21(19(20)13-7-2-8-14-19)17-11-5-3-9-15(17)16-10-4-6-12-18(16)21/h3-6,9-12H,2,7-8,13-14H2,1H3. The van der Waals surface area contributed by atoms with Crippen LogP contribution in [0.15, 0.2) is 58.3 Å². The minimum Gasteiger partial charge on any atom is -0.175 e. The molecule has 1 aliphatic carbocycles. The summed E-state index contributed by atoms with van der Waals surface area (Å²) in [4.78, 5) is 3.25. The van der Waals surface area contributed by atoms with Gasteiger partial charge in [-0.1, -0.05) is 78.3 Å². The minimum absolute atomic E-state index is 0.436. The van der Waals surface area contributed by atoms with E-state index in [0.717, 1.165) is 0 Å². The van der Waals surface area contributed by atoms with E-state index in [1.807, 2.05) is 0 Å². The first-order valence-electron chi connectivity index (χ1n) is 7.82. The molecule has 2 aromatic rings. The van der Waals surface area contributed by atoms with Crippen LogP contribution < -0.4 is 0 Å². The number of benzene rings is 2. The van der Waals surface area contributed by atoms with Gasteiger partial charge in [-0.2, -0.15) is 10.0 Å². The first-order valence-corrected chi connectivity index (χ1v) is 10.9. The normalized spacial score (nSPS) is 23.1. The Labute approximate surface area is 142 Å². The maximum atomic E-state index is 2.84. The van der Waals surface area contributed by atoms with Crippen molar-refractivity contribution in [2.24, 2.45) is 0 Å². The second-order valence-corrected chi connectivity index (χ2v) is 12.6. The van der Waals surface area contributed by atoms with E-state index in [1.54, 1.807) is 9.79 Å². The van der Waals surface area contributed by atoms with E-state index in [1.165, 1.54) is 43.2 Å². The van der Waals surface area contributed by atoms with Crippen LogP contribution in [-0.2, 0) is 0 Å². The van der Waals surface area contributed by atoms with E-state index in [0.29, 0.717) is 2.75 Å². The first kappa shape index (κ1) is 14.1. The van der Waals surface area contributed by atoms with Crippen molar-refractivity contribution in [2.75, 3.05) is 6.26 Å². The van der Waals surface area contributed by atoms with Crippen LogP contribution in [0.5, 0.6) is 0 Å². The molecule has 1 heterocycles. The molecule has 0 N–H and O–H groups in total. The summed E-state index contributed by atoms with van der Waals surface area (Å²) < 4.78 is 0.436. The van der Waals surface area contributed by atoms with Gasteiger partial charge in [0.1, 0.15) is 0 Å². The Bertz CT molecular complexity index is 640. The van der Waals surface area contributed by atoms with Gasteiger partial charge in [-0.3, -0.25) is 0 Å². The predicted molar refractivity (Wildman–Crippen MR) is 102 cm³/mol. The fraction of sp³-hybridized carbons (Fsp3) is 0.368. The lowest BCUT2D eigenvalue weighted by Crippen LogP contribution is -2.30. The Kier molecular flexibility index (Phi) is 3.38. The summed E-state index contributed by atoms with van der Waals surface area (Å²) >= 11 is 2.84. The van der Waals surface area contributed by atoms with Gasteiger partial charge in [0.25, 0.3) is 0 Å². The summed E-state index contributed by atoms with van der Waals surface area (Å²) in [5.74, 6) is 0. The fourth-order valence-corrected chi connectivity index (χ4v) is 10.3. The number of hydrogen-bond donors (Lipinski definition) is 0. The topological polar surface area (TPSA) is 0 Å². The Balaban J connectivity index is 1.99. The van der Waals surface area contributed by atoms with E-state index in [9.17, 15) is 0 Å². The summed E-state index contributed by atoms with van der Waals surface area (Å²) in [7, 11) is -0.937. The van der Waals surface area contributed by atoms with Gasteiger partial charge < -0.3 is 0 Å². The number of fused-ring (bicyclic) bond motifs is 3. The first-order chi connectivity index (χ1) is 10.2. The van der Waals surface area contributed by atoms with Crippen LogP contribution in [0.4, 0.5) is 0 Å². The fourth-order valence-electron chi connectivity index (χ4n) is 4.09. The van der Waals surface area contributed by atoms with Crippen LogP contribution in [0, 0.1) is 0 Å². The second-order valence-electron chi connectivity index (χ2n) is 6.35. The van der Waals surface area contributed by atoms with Crippen molar-refractivity contribution in [3.63, 3.8) is 0 Å². The number of alkyl halides is 1. The summed E-state index contributed by atoms with van der Waals surface area (Å²) in [5, 5.41) is 0. The van der Waals surface area contributed by atoms with E-state index >= 15 is 0 Å². The van der Waals surface area contributed by atoms with Crippen LogP contribution in [0.2, 0.25) is 0 Å². The third-order valence-electron chi connectivity index (χ3n) is 5.28. The maximum absolute atomic E-state index is 2.84. The molecule has 21 heavy (non-hydrogen) atoms. The molecule has 0 saturated heterocycles. The van der Waals surface area contributed by atoms with Gasteiger partial charge in [0.05, 0.1) is 2.75 Å². The third kappa shape index (κ3) is 1.88. The van der Waals surface area contributed by atoms with Gasteiger partial charge in [0.15, 0.2) is 0 Å². The monoisotopic (exact) mass is 408 g/mol. The van der Waals surface area contributed by atoms with Crippen LogP contribution in [0.25, 0.3) is 11.1 Å². The molecular formula is C19H21IS. The van der Waals surface area contributed by atoms with E-state index in [2.05, 4.69) is 77.4 Å². The smallest absolute Gasteiger partial charge is 0.0593 e. The molecule has 0 aromatic heterocycles. The van der Waals surface area contributed by atoms with Crippen molar-refractivity contribution < 1.29 is 0 Å². The van der Waals surface area contributed by atoms with Gasteiger partial charge in [-0.05, 0) is 42.4 Å². The summed E-state index contributed by atoms with van der Waals surface area (Å²) in [6.07, 6.45) is 9.55. The van der Waals surface area contributed by atoms with E-state index < -0.39 is 10.0 Å². The van der Waals surface area contributed by atoms with Crippen molar-refractivity contribution in [3.8, 4) is 11.1 Å². The highest BCUT2D eigenvalue weighted by atomic mass is 127. The highest BCUT2D eigenvalue weighted by Crippen LogP contribution is 2.79. The second kappa shape index (κ2) is 5.02. The molecule has 1 saturated carbocycles. The number of hydrogen-bond acceptors (Lipinski definition) is 0. The number of rotatable bonds is 1. The highest BCUT2D eigenvalue weighted by molar-refractivity contribution is 14.1. The number of halogens is 1. The molecule has 1 fully saturated rings. The van der Waals surface area contributed by atoms with Gasteiger partial charge in [0.2, 0.25) is 0 Å². The zero-order chi connectivity index (χ0) is 14.5. The van der Waals surface area contributed by atoms with Crippen LogP contribution in [-0.4, -0.2) is 9.01 Å². The molecule has 0 spiro atoms. The Hall–Kier alpha value is -0.480. The molecule has 0 unspecified atom stereocenters. The lowest BCUT2D eigenvalue weighted by molar-refractivity contribution is 0.499. The molecule has 110 valence electrons. The molecule has 2 heteroatoms. The van der Waals surface area contributed by atoms with Crippen LogP contribution >= 0.6 is 32.6 Å². The molecule has 2 aromatic carbocycles. The van der Waals surface area contributed by atoms with Crippen molar-refractivity contribution in [3.05, 3.63) is 48.5 Å². The van der Waals surface area contributed by atoms with Crippen molar-refractivity contribution in [1.82, 2.24) is 0 Å². The lowest BCUT2D eigenvalue weighted by Gasteiger charge is -2.51. The quantitative estimate of drug-likeness (QED) is 0.368. The zero-order valence-electron chi connectivity index (χ0n) is 12.4. The van der Waals surface area contributed by atoms with Gasteiger partial charge in [-0.15, -0.1) is 0 Å². The molecule has 1 aliphatic heterocycles. The molecule has 0 amide bonds.